The molecule has 0 spiro atoms. The van der Waals surface area contributed by atoms with Gasteiger partial charge in [0.15, 0.2) is 10.8 Å². The minimum atomic E-state index is -4.68. The van der Waals surface area contributed by atoms with E-state index in [0.717, 1.165) is 17.8 Å². The zero-order valence-corrected chi connectivity index (χ0v) is 20.9. The molecule has 5 rings (SSSR count). The lowest BCUT2D eigenvalue weighted by Crippen LogP contribution is -2.32. The van der Waals surface area contributed by atoms with E-state index in [-0.39, 0.29) is 48.2 Å². The van der Waals surface area contributed by atoms with Crippen molar-refractivity contribution in [1.82, 2.24) is 19.9 Å². The SMILES string of the molecule is Cc1cc(C2=C(F)CCN(c3nc(-c4ccc(C(F)(F)F)cc4F)c4sc(N(C)C)nc4n3)C2)ccn1. The fraction of sp³-hybridized carbons (Fsp3) is 0.280. The number of alkyl halides is 3. The molecule has 0 amide bonds. The minimum absolute atomic E-state index is 0.0979. The number of hydrogen-bond donors (Lipinski definition) is 0. The monoisotopic (exact) mass is 532 g/mol. The van der Waals surface area contributed by atoms with Crippen LogP contribution in [0.1, 0.15) is 23.2 Å². The highest BCUT2D eigenvalue weighted by molar-refractivity contribution is 7.22. The van der Waals surface area contributed by atoms with Gasteiger partial charge in [0, 0.05) is 56.6 Å². The van der Waals surface area contributed by atoms with Gasteiger partial charge in [-0.15, -0.1) is 0 Å². The Labute approximate surface area is 213 Å². The molecule has 4 heterocycles. The van der Waals surface area contributed by atoms with E-state index in [9.17, 15) is 17.6 Å². The Morgan fingerprint density at radius 3 is 2.49 bits per heavy atom. The Bertz CT molecular complexity index is 1530. The van der Waals surface area contributed by atoms with Crippen LogP contribution in [0.15, 0.2) is 42.4 Å². The lowest BCUT2D eigenvalue weighted by molar-refractivity contribution is -0.137. The molecule has 0 radical (unpaired) electrons. The molecule has 37 heavy (non-hydrogen) atoms. The number of anilines is 2. The van der Waals surface area contributed by atoms with Crippen LogP contribution in [0.4, 0.5) is 33.0 Å². The van der Waals surface area contributed by atoms with Crippen LogP contribution >= 0.6 is 11.3 Å². The summed E-state index contributed by atoms with van der Waals surface area (Å²) in [6, 6.07) is 5.86. The van der Waals surface area contributed by atoms with Gasteiger partial charge in [-0.25, -0.2) is 13.8 Å². The van der Waals surface area contributed by atoms with Crippen molar-refractivity contribution >= 4 is 38.3 Å². The quantitative estimate of drug-likeness (QED) is 0.289. The first-order valence-electron chi connectivity index (χ1n) is 11.3. The summed E-state index contributed by atoms with van der Waals surface area (Å²) in [4.78, 5) is 21.3. The summed E-state index contributed by atoms with van der Waals surface area (Å²) in [5, 5.41) is 0.576. The van der Waals surface area contributed by atoms with Crippen LogP contribution in [0.5, 0.6) is 0 Å². The second-order valence-electron chi connectivity index (χ2n) is 8.85. The molecule has 0 unspecified atom stereocenters. The van der Waals surface area contributed by atoms with Crippen molar-refractivity contribution in [2.24, 2.45) is 0 Å². The van der Waals surface area contributed by atoms with Gasteiger partial charge in [-0.1, -0.05) is 11.3 Å². The number of hydrogen-bond acceptors (Lipinski definition) is 7. The number of aromatic nitrogens is 4. The van der Waals surface area contributed by atoms with Crippen molar-refractivity contribution in [3.63, 3.8) is 0 Å². The predicted octanol–water partition coefficient (Wildman–Crippen LogP) is 6.27. The lowest BCUT2D eigenvalue weighted by atomic mass is 10.0. The van der Waals surface area contributed by atoms with Crippen LogP contribution in [-0.4, -0.2) is 47.1 Å². The lowest BCUT2D eigenvalue weighted by Gasteiger charge is -2.29. The van der Waals surface area contributed by atoms with Crippen LogP contribution < -0.4 is 9.80 Å². The highest BCUT2D eigenvalue weighted by Gasteiger charge is 2.32. The maximum absolute atomic E-state index is 15.0. The molecule has 1 aliphatic heterocycles. The third-order valence-electron chi connectivity index (χ3n) is 5.97. The molecule has 12 heteroatoms. The third kappa shape index (κ3) is 4.85. The second kappa shape index (κ2) is 9.33. The predicted molar refractivity (Wildman–Crippen MR) is 134 cm³/mol. The van der Waals surface area contributed by atoms with E-state index >= 15 is 4.39 Å². The number of pyridine rings is 1. The Morgan fingerprint density at radius 2 is 1.81 bits per heavy atom. The Balaban J connectivity index is 1.62. The van der Waals surface area contributed by atoms with Crippen LogP contribution in [0.25, 0.3) is 27.2 Å². The van der Waals surface area contributed by atoms with Crippen molar-refractivity contribution in [1.29, 1.82) is 0 Å². The number of thiazole rings is 1. The Morgan fingerprint density at radius 1 is 1.03 bits per heavy atom. The van der Waals surface area contributed by atoms with Crippen molar-refractivity contribution in [2.45, 2.75) is 19.5 Å². The van der Waals surface area contributed by atoms with Gasteiger partial charge >= 0.3 is 6.18 Å². The zero-order valence-electron chi connectivity index (χ0n) is 20.1. The number of benzene rings is 1. The summed E-state index contributed by atoms with van der Waals surface area (Å²) in [7, 11) is 3.57. The zero-order chi connectivity index (χ0) is 26.5. The molecule has 1 aliphatic rings. The molecule has 6 nitrogen and oxygen atoms in total. The molecule has 0 bridgehead atoms. The summed E-state index contributed by atoms with van der Waals surface area (Å²) < 4.78 is 69.8. The van der Waals surface area contributed by atoms with E-state index < -0.39 is 17.6 Å². The fourth-order valence-corrected chi connectivity index (χ4v) is 5.02. The Hall–Kier alpha value is -3.67. The van der Waals surface area contributed by atoms with Crippen molar-refractivity contribution < 1.29 is 22.0 Å². The molecule has 1 aromatic carbocycles. The average molecular weight is 533 g/mol. The van der Waals surface area contributed by atoms with Crippen LogP contribution in [0.2, 0.25) is 0 Å². The van der Waals surface area contributed by atoms with Crippen molar-refractivity contribution in [3.05, 3.63) is 65.0 Å². The van der Waals surface area contributed by atoms with Crippen molar-refractivity contribution in [2.75, 3.05) is 37.0 Å². The van der Waals surface area contributed by atoms with Gasteiger partial charge in [0.2, 0.25) is 5.95 Å². The van der Waals surface area contributed by atoms with Gasteiger partial charge in [0.25, 0.3) is 0 Å². The molecule has 4 aromatic rings. The van der Waals surface area contributed by atoms with E-state index in [0.29, 0.717) is 27.0 Å². The van der Waals surface area contributed by atoms with Gasteiger partial charge < -0.3 is 9.80 Å². The number of halogens is 5. The van der Waals surface area contributed by atoms with Gasteiger partial charge in [0.1, 0.15) is 16.3 Å². The molecule has 0 N–H and O–H groups in total. The van der Waals surface area contributed by atoms with E-state index in [2.05, 4.69) is 19.9 Å². The molecule has 0 aliphatic carbocycles. The molecular formula is C25H21F5N6S. The minimum Gasteiger partial charge on any atom is -0.354 e. The van der Waals surface area contributed by atoms with Crippen LogP contribution in [0.3, 0.4) is 0 Å². The summed E-state index contributed by atoms with van der Waals surface area (Å²) in [6.07, 6.45) is -2.96. The van der Waals surface area contributed by atoms with Gasteiger partial charge in [-0.2, -0.15) is 23.1 Å². The van der Waals surface area contributed by atoms with Crippen LogP contribution in [0, 0.1) is 12.7 Å². The first-order chi connectivity index (χ1) is 17.5. The summed E-state index contributed by atoms with van der Waals surface area (Å²) in [5.74, 6) is -1.12. The molecule has 0 atom stereocenters. The maximum Gasteiger partial charge on any atom is 0.416 e. The maximum atomic E-state index is 15.0. The van der Waals surface area contributed by atoms with Crippen molar-refractivity contribution in [3.8, 4) is 11.3 Å². The topological polar surface area (TPSA) is 58.0 Å². The summed E-state index contributed by atoms with van der Waals surface area (Å²) >= 11 is 1.21. The molecule has 192 valence electrons. The summed E-state index contributed by atoms with van der Waals surface area (Å²) in [6.45, 7) is 2.24. The summed E-state index contributed by atoms with van der Waals surface area (Å²) in [5.41, 5.74) is 1.12. The molecule has 0 saturated heterocycles. The number of nitrogens with zero attached hydrogens (tertiary/aromatic N) is 6. The largest absolute Gasteiger partial charge is 0.416 e. The number of rotatable bonds is 4. The molecular weight excluding hydrogens is 511 g/mol. The van der Waals surface area contributed by atoms with Crippen LogP contribution in [-0.2, 0) is 6.18 Å². The normalized spacial score (nSPS) is 14.5. The van der Waals surface area contributed by atoms with Gasteiger partial charge in [-0.05, 0) is 42.8 Å². The third-order valence-corrected chi connectivity index (χ3v) is 7.19. The first kappa shape index (κ1) is 25.0. The second-order valence-corrected chi connectivity index (χ2v) is 9.83. The smallest absolute Gasteiger partial charge is 0.354 e. The molecule has 0 fully saturated rings. The molecule has 0 saturated carbocycles. The standard InChI is InChI=1S/C25H21F5N6S/c1-13-10-14(6-8-31-13)17-12-36(9-7-18(17)26)23-32-20(21-22(33-23)34-24(37-21)35(2)3)16-5-4-15(11-19(16)27)25(28,29)30/h4-6,8,10-11H,7,9,12H2,1-3H3. The van der Waals surface area contributed by atoms with E-state index in [4.69, 9.17) is 0 Å². The highest BCUT2D eigenvalue weighted by Crippen LogP contribution is 2.39. The highest BCUT2D eigenvalue weighted by atomic mass is 32.1. The first-order valence-corrected chi connectivity index (χ1v) is 12.1. The van der Waals surface area contributed by atoms with Gasteiger partial charge in [-0.3, -0.25) is 4.98 Å². The fourth-order valence-electron chi connectivity index (χ4n) is 4.09. The van der Waals surface area contributed by atoms with Gasteiger partial charge in [0.05, 0.1) is 11.3 Å². The average Bonchev–Trinajstić information content (AvgIpc) is 3.28. The number of fused-ring (bicyclic) bond motifs is 1. The van der Waals surface area contributed by atoms with E-state index in [1.165, 1.54) is 11.3 Å². The van der Waals surface area contributed by atoms with E-state index in [1.54, 1.807) is 42.2 Å². The molecule has 3 aromatic heterocycles. The number of aryl methyl sites for hydroxylation is 1. The Kier molecular flexibility index (Phi) is 6.30. The van der Waals surface area contributed by atoms with E-state index in [1.807, 2.05) is 6.92 Å².